The summed E-state index contributed by atoms with van der Waals surface area (Å²) < 4.78 is 10.4. The molecule has 1 atom stereocenters. The highest BCUT2D eigenvalue weighted by Gasteiger charge is 2.26. The molecule has 22 heavy (non-hydrogen) atoms. The van der Waals surface area contributed by atoms with E-state index in [0.717, 1.165) is 49.7 Å². The highest BCUT2D eigenvalue weighted by Crippen LogP contribution is 2.19. The van der Waals surface area contributed by atoms with Gasteiger partial charge in [-0.05, 0) is 38.4 Å². The van der Waals surface area contributed by atoms with Crippen LogP contribution in [-0.2, 0) is 17.9 Å². The number of amides is 1. The zero-order valence-corrected chi connectivity index (χ0v) is 12.7. The Morgan fingerprint density at radius 2 is 2.45 bits per heavy atom. The molecule has 1 saturated heterocycles. The maximum absolute atomic E-state index is 12.3. The molecule has 0 aliphatic carbocycles. The first-order valence-corrected chi connectivity index (χ1v) is 7.65. The van der Waals surface area contributed by atoms with Crippen molar-refractivity contribution in [2.24, 2.45) is 5.92 Å². The van der Waals surface area contributed by atoms with Crippen molar-refractivity contribution < 1.29 is 13.7 Å². The van der Waals surface area contributed by atoms with E-state index in [2.05, 4.69) is 15.4 Å². The Kier molecular flexibility index (Phi) is 4.58. The molecule has 2 aromatic rings. The van der Waals surface area contributed by atoms with Crippen LogP contribution in [0.1, 0.15) is 30.1 Å². The molecule has 1 amide bonds. The fraction of sp³-hybridized carbons (Fsp3) is 0.500. The maximum atomic E-state index is 12.3. The van der Waals surface area contributed by atoms with E-state index in [1.807, 2.05) is 25.1 Å². The molecule has 118 valence electrons. The van der Waals surface area contributed by atoms with Crippen LogP contribution in [-0.4, -0.2) is 29.1 Å². The predicted molar refractivity (Wildman–Crippen MR) is 79.8 cm³/mol. The highest BCUT2D eigenvalue weighted by molar-refractivity contribution is 5.78. The quantitative estimate of drug-likeness (QED) is 0.916. The first-order chi connectivity index (χ1) is 10.7. The third-order valence-corrected chi connectivity index (χ3v) is 3.96. The number of likely N-dealkylation sites (tertiary alicyclic amines) is 1. The lowest BCUT2D eigenvalue weighted by Gasteiger charge is -2.31. The number of rotatable bonds is 5. The molecule has 0 unspecified atom stereocenters. The Bertz CT molecular complexity index is 606. The van der Waals surface area contributed by atoms with Crippen molar-refractivity contribution in [1.82, 2.24) is 15.4 Å². The lowest BCUT2D eigenvalue weighted by Crippen LogP contribution is -2.42. The molecule has 3 rings (SSSR count). The fourth-order valence-corrected chi connectivity index (χ4v) is 2.86. The van der Waals surface area contributed by atoms with Gasteiger partial charge >= 0.3 is 0 Å². The van der Waals surface area contributed by atoms with Crippen LogP contribution in [0.5, 0.6) is 0 Å². The standard InChI is InChI=1S/C16H21N3O3/c1-12-8-14(18-22-12)9-17-16(20)13-4-2-6-19(10-13)11-15-5-3-7-21-15/h3,5,7-8,13H,2,4,6,9-11H2,1H3,(H,17,20)/t13-/m0/s1. The minimum Gasteiger partial charge on any atom is -0.468 e. The zero-order valence-electron chi connectivity index (χ0n) is 12.7. The van der Waals surface area contributed by atoms with Gasteiger partial charge in [0.1, 0.15) is 17.2 Å². The van der Waals surface area contributed by atoms with Crippen molar-refractivity contribution in [1.29, 1.82) is 0 Å². The second-order valence-corrected chi connectivity index (χ2v) is 5.80. The van der Waals surface area contributed by atoms with Gasteiger partial charge in [0.2, 0.25) is 5.91 Å². The van der Waals surface area contributed by atoms with Crippen LogP contribution in [0.2, 0.25) is 0 Å². The van der Waals surface area contributed by atoms with Gasteiger partial charge in [-0.1, -0.05) is 5.16 Å². The second-order valence-electron chi connectivity index (χ2n) is 5.80. The number of hydrogen-bond donors (Lipinski definition) is 1. The van der Waals surface area contributed by atoms with Crippen LogP contribution in [0.4, 0.5) is 0 Å². The van der Waals surface area contributed by atoms with Gasteiger partial charge in [0.25, 0.3) is 0 Å². The summed E-state index contributed by atoms with van der Waals surface area (Å²) in [5.41, 5.74) is 0.758. The van der Waals surface area contributed by atoms with Gasteiger partial charge in [-0.3, -0.25) is 9.69 Å². The Hall–Kier alpha value is -2.08. The number of carbonyl (C=O) groups excluding carboxylic acids is 1. The van der Waals surface area contributed by atoms with Gasteiger partial charge in [-0.2, -0.15) is 0 Å². The van der Waals surface area contributed by atoms with Gasteiger partial charge in [-0.25, -0.2) is 0 Å². The predicted octanol–water partition coefficient (Wildman–Crippen LogP) is 2.10. The molecule has 0 spiro atoms. The van der Waals surface area contributed by atoms with Crippen molar-refractivity contribution in [3.63, 3.8) is 0 Å². The lowest BCUT2D eigenvalue weighted by atomic mass is 9.97. The van der Waals surface area contributed by atoms with Crippen molar-refractivity contribution >= 4 is 5.91 Å². The van der Waals surface area contributed by atoms with E-state index in [1.54, 1.807) is 6.26 Å². The first-order valence-electron chi connectivity index (χ1n) is 7.65. The SMILES string of the molecule is Cc1cc(CNC(=O)[C@H]2CCCN(Cc3ccco3)C2)no1. The summed E-state index contributed by atoms with van der Waals surface area (Å²) >= 11 is 0. The fourth-order valence-electron chi connectivity index (χ4n) is 2.86. The van der Waals surface area contributed by atoms with Crippen LogP contribution in [0.3, 0.4) is 0 Å². The topological polar surface area (TPSA) is 71.5 Å². The van der Waals surface area contributed by atoms with E-state index >= 15 is 0 Å². The van der Waals surface area contributed by atoms with E-state index < -0.39 is 0 Å². The van der Waals surface area contributed by atoms with E-state index in [1.165, 1.54) is 0 Å². The van der Waals surface area contributed by atoms with Gasteiger partial charge in [0.15, 0.2) is 0 Å². The highest BCUT2D eigenvalue weighted by atomic mass is 16.5. The smallest absolute Gasteiger partial charge is 0.224 e. The molecule has 0 saturated carbocycles. The maximum Gasteiger partial charge on any atom is 0.224 e. The van der Waals surface area contributed by atoms with Crippen molar-refractivity contribution in [2.45, 2.75) is 32.9 Å². The summed E-state index contributed by atoms with van der Waals surface area (Å²) in [7, 11) is 0. The second kappa shape index (κ2) is 6.79. The molecule has 1 aliphatic rings. The Morgan fingerprint density at radius 1 is 1.55 bits per heavy atom. The number of nitrogens with one attached hydrogen (secondary N) is 1. The van der Waals surface area contributed by atoms with Crippen LogP contribution < -0.4 is 5.32 Å². The number of hydrogen-bond acceptors (Lipinski definition) is 5. The van der Waals surface area contributed by atoms with Crippen molar-refractivity contribution in [2.75, 3.05) is 13.1 Å². The molecule has 0 bridgehead atoms. The van der Waals surface area contributed by atoms with E-state index in [4.69, 9.17) is 8.94 Å². The van der Waals surface area contributed by atoms with Gasteiger partial charge in [0, 0.05) is 12.6 Å². The van der Waals surface area contributed by atoms with Gasteiger partial charge < -0.3 is 14.3 Å². The summed E-state index contributed by atoms with van der Waals surface area (Å²) in [6.07, 6.45) is 3.64. The van der Waals surface area contributed by atoms with E-state index in [9.17, 15) is 4.79 Å². The number of carbonyl (C=O) groups is 1. The van der Waals surface area contributed by atoms with Crippen LogP contribution in [0.15, 0.2) is 33.4 Å². The van der Waals surface area contributed by atoms with Crippen LogP contribution in [0, 0.1) is 12.8 Å². The molecular weight excluding hydrogens is 282 g/mol. The molecule has 1 aliphatic heterocycles. The lowest BCUT2D eigenvalue weighted by molar-refractivity contribution is -0.127. The monoisotopic (exact) mass is 303 g/mol. The zero-order chi connectivity index (χ0) is 15.4. The van der Waals surface area contributed by atoms with Gasteiger partial charge in [0.05, 0.1) is 25.3 Å². The number of piperidine rings is 1. The summed E-state index contributed by atoms with van der Waals surface area (Å²) in [4.78, 5) is 14.6. The average molecular weight is 303 g/mol. The molecule has 0 aromatic carbocycles. The molecule has 0 radical (unpaired) electrons. The minimum absolute atomic E-state index is 0.0247. The third-order valence-electron chi connectivity index (χ3n) is 3.96. The normalized spacial score (nSPS) is 19.2. The first kappa shape index (κ1) is 14.8. The minimum atomic E-state index is 0.0247. The summed E-state index contributed by atoms with van der Waals surface area (Å²) in [5, 5.41) is 6.84. The summed E-state index contributed by atoms with van der Waals surface area (Å²) in [5.74, 6) is 1.81. The Balaban J connectivity index is 1.49. The van der Waals surface area contributed by atoms with E-state index in [-0.39, 0.29) is 11.8 Å². The largest absolute Gasteiger partial charge is 0.468 e. The number of aryl methyl sites for hydroxylation is 1. The Labute approximate surface area is 129 Å². The number of nitrogens with zero attached hydrogens (tertiary/aromatic N) is 2. The Morgan fingerprint density at radius 3 is 3.18 bits per heavy atom. The number of aromatic nitrogens is 1. The van der Waals surface area contributed by atoms with Crippen LogP contribution in [0.25, 0.3) is 0 Å². The molecule has 6 heteroatoms. The van der Waals surface area contributed by atoms with E-state index in [0.29, 0.717) is 6.54 Å². The molecular formula is C16H21N3O3. The third kappa shape index (κ3) is 3.76. The summed E-state index contributed by atoms with van der Waals surface area (Å²) in [6.45, 7) is 4.80. The molecule has 2 aromatic heterocycles. The van der Waals surface area contributed by atoms with Crippen LogP contribution >= 0.6 is 0 Å². The van der Waals surface area contributed by atoms with Gasteiger partial charge in [-0.15, -0.1) is 0 Å². The van der Waals surface area contributed by atoms with Crippen molar-refractivity contribution in [3.05, 3.63) is 41.7 Å². The molecule has 1 fully saturated rings. The number of furan rings is 1. The van der Waals surface area contributed by atoms with Crippen molar-refractivity contribution in [3.8, 4) is 0 Å². The molecule has 1 N–H and O–H groups in total. The molecule has 3 heterocycles. The summed E-state index contributed by atoms with van der Waals surface area (Å²) in [6, 6.07) is 5.70. The average Bonchev–Trinajstić information content (AvgIpc) is 3.17. The molecule has 6 nitrogen and oxygen atoms in total.